The van der Waals surface area contributed by atoms with Crippen molar-refractivity contribution < 1.29 is 22.5 Å². The van der Waals surface area contributed by atoms with E-state index < -0.39 is 24.2 Å². The number of hydrogen-bond acceptors (Lipinski definition) is 5. The van der Waals surface area contributed by atoms with Crippen LogP contribution in [-0.2, 0) is 0 Å². The van der Waals surface area contributed by atoms with E-state index in [9.17, 15) is 18.0 Å². The molecular weight excluding hydrogens is 375 g/mol. The molecule has 4 rings (SSSR count). The monoisotopic (exact) mass is 391 g/mol. The van der Waals surface area contributed by atoms with E-state index in [0.29, 0.717) is 5.76 Å². The third kappa shape index (κ3) is 3.45. The third-order valence-corrected chi connectivity index (χ3v) is 4.49. The summed E-state index contributed by atoms with van der Waals surface area (Å²) in [6, 6.07) is 9.26. The molecule has 3 aromatic rings. The van der Waals surface area contributed by atoms with Gasteiger partial charge in [0.1, 0.15) is 11.6 Å². The second kappa shape index (κ2) is 6.70. The highest BCUT2D eigenvalue weighted by Gasteiger charge is 2.46. The summed E-state index contributed by atoms with van der Waals surface area (Å²) in [6.07, 6.45) is -4.74. The average molecular weight is 391 g/mol. The molecule has 0 spiro atoms. The number of nitrogens with zero attached hydrogens (tertiary/aromatic N) is 3. The van der Waals surface area contributed by atoms with Crippen LogP contribution < -0.4 is 10.6 Å². The van der Waals surface area contributed by atoms with Gasteiger partial charge in [-0.05, 0) is 12.5 Å². The predicted octanol–water partition coefficient (Wildman–Crippen LogP) is 4.09. The summed E-state index contributed by atoms with van der Waals surface area (Å²) in [5.74, 6) is 0.109. The quantitative estimate of drug-likeness (QED) is 0.702. The normalized spacial score (nSPS) is 19.0. The molecule has 1 aliphatic rings. The fourth-order valence-corrected chi connectivity index (χ4v) is 3.19. The fraction of sp³-hybridized carbons (Fsp3) is 0.278. The number of aryl methyl sites for hydroxylation is 1. The van der Waals surface area contributed by atoms with Crippen LogP contribution in [0.2, 0.25) is 0 Å². The molecule has 1 aromatic carbocycles. The van der Waals surface area contributed by atoms with Crippen molar-refractivity contribution in [1.82, 2.24) is 14.9 Å². The SMILES string of the molecule is Cc1cc(NC(=O)c2cc3n(n2)[C@H](C(F)(F)F)C[C@@H](c2ccccc2)N3)no1. The molecule has 0 radical (unpaired) electrons. The van der Waals surface area contributed by atoms with Gasteiger partial charge in [0, 0.05) is 18.6 Å². The van der Waals surface area contributed by atoms with Crippen LogP contribution in [-0.4, -0.2) is 27.0 Å². The smallest absolute Gasteiger partial charge is 0.363 e. The van der Waals surface area contributed by atoms with E-state index in [-0.39, 0.29) is 23.8 Å². The van der Waals surface area contributed by atoms with E-state index in [1.54, 1.807) is 37.3 Å². The second-order valence-electron chi connectivity index (χ2n) is 6.54. The highest BCUT2D eigenvalue weighted by atomic mass is 19.4. The standard InChI is InChI=1S/C18H16F3N5O2/c1-10-7-15(25-28-10)23-17(27)13-9-16-22-12(11-5-3-2-4-6-11)8-14(18(19,20)21)26(16)24-13/h2-7,9,12,14,22H,8H2,1H3,(H,23,25,27)/t12-,14-/m0/s1. The second-order valence-corrected chi connectivity index (χ2v) is 6.54. The lowest BCUT2D eigenvalue weighted by Crippen LogP contribution is -2.35. The maximum Gasteiger partial charge on any atom is 0.410 e. The van der Waals surface area contributed by atoms with Crippen molar-refractivity contribution >= 4 is 17.5 Å². The molecule has 0 aliphatic carbocycles. The van der Waals surface area contributed by atoms with Crippen LogP contribution in [0.3, 0.4) is 0 Å². The van der Waals surface area contributed by atoms with Crippen LogP contribution in [0.1, 0.15) is 40.3 Å². The Kier molecular flexibility index (Phi) is 4.33. The van der Waals surface area contributed by atoms with Crippen LogP contribution in [0.4, 0.5) is 24.8 Å². The molecule has 10 heteroatoms. The van der Waals surface area contributed by atoms with Crippen LogP contribution in [0.25, 0.3) is 0 Å². The van der Waals surface area contributed by atoms with Crippen molar-refractivity contribution in [3.8, 4) is 0 Å². The molecule has 2 atom stereocenters. The number of halogens is 3. The molecule has 0 bridgehead atoms. The van der Waals surface area contributed by atoms with Crippen LogP contribution >= 0.6 is 0 Å². The molecule has 146 valence electrons. The van der Waals surface area contributed by atoms with Gasteiger partial charge in [0.2, 0.25) is 0 Å². The third-order valence-electron chi connectivity index (χ3n) is 4.49. The van der Waals surface area contributed by atoms with E-state index in [2.05, 4.69) is 20.9 Å². The molecule has 7 nitrogen and oxygen atoms in total. The van der Waals surface area contributed by atoms with Crippen molar-refractivity contribution in [2.75, 3.05) is 10.6 Å². The first-order valence-corrected chi connectivity index (χ1v) is 8.53. The first-order valence-electron chi connectivity index (χ1n) is 8.53. The summed E-state index contributed by atoms with van der Waals surface area (Å²) in [5, 5.41) is 13.0. The Morgan fingerprint density at radius 1 is 1.29 bits per heavy atom. The lowest BCUT2D eigenvalue weighted by molar-refractivity contribution is -0.173. The number of fused-ring (bicyclic) bond motifs is 1. The largest absolute Gasteiger partial charge is 0.410 e. The number of anilines is 2. The Morgan fingerprint density at radius 3 is 2.68 bits per heavy atom. The number of carbonyl (C=O) groups excluding carboxylic acids is 1. The van der Waals surface area contributed by atoms with Gasteiger partial charge >= 0.3 is 6.18 Å². The summed E-state index contributed by atoms with van der Waals surface area (Å²) < 4.78 is 46.7. The number of rotatable bonds is 3. The average Bonchev–Trinajstić information content (AvgIpc) is 3.26. The first kappa shape index (κ1) is 18.1. The van der Waals surface area contributed by atoms with Crippen molar-refractivity contribution in [2.45, 2.75) is 31.6 Å². The van der Waals surface area contributed by atoms with Gasteiger partial charge in [-0.2, -0.15) is 18.3 Å². The van der Waals surface area contributed by atoms with Gasteiger partial charge in [-0.15, -0.1) is 0 Å². The fourth-order valence-electron chi connectivity index (χ4n) is 3.19. The van der Waals surface area contributed by atoms with Crippen LogP contribution in [0.5, 0.6) is 0 Å². The molecule has 0 saturated carbocycles. The van der Waals surface area contributed by atoms with E-state index in [1.165, 1.54) is 12.1 Å². The predicted molar refractivity (Wildman–Crippen MR) is 93.9 cm³/mol. The van der Waals surface area contributed by atoms with Gasteiger partial charge in [0.05, 0.1) is 6.04 Å². The maximum atomic E-state index is 13.7. The minimum atomic E-state index is -4.51. The molecule has 0 saturated heterocycles. The van der Waals surface area contributed by atoms with E-state index in [1.807, 2.05) is 0 Å². The van der Waals surface area contributed by atoms with Crippen molar-refractivity contribution in [1.29, 1.82) is 0 Å². The molecule has 0 unspecified atom stereocenters. The van der Waals surface area contributed by atoms with E-state index in [4.69, 9.17) is 4.52 Å². The van der Waals surface area contributed by atoms with Gasteiger partial charge in [-0.25, -0.2) is 4.68 Å². The lowest BCUT2D eigenvalue weighted by Gasteiger charge is -2.33. The minimum absolute atomic E-state index is 0.129. The van der Waals surface area contributed by atoms with Crippen LogP contribution in [0.15, 0.2) is 47.0 Å². The van der Waals surface area contributed by atoms with Gasteiger partial charge in [0.25, 0.3) is 5.91 Å². The number of amides is 1. The number of hydrogen-bond donors (Lipinski definition) is 2. The topological polar surface area (TPSA) is 85.0 Å². The maximum absolute atomic E-state index is 13.7. The van der Waals surface area contributed by atoms with Gasteiger partial charge in [-0.1, -0.05) is 35.5 Å². The van der Waals surface area contributed by atoms with Crippen molar-refractivity contribution in [3.05, 3.63) is 59.5 Å². The summed E-state index contributed by atoms with van der Waals surface area (Å²) in [5.41, 5.74) is 0.583. The zero-order chi connectivity index (χ0) is 19.9. The number of benzene rings is 1. The highest BCUT2D eigenvalue weighted by Crippen LogP contribution is 2.43. The number of nitrogens with one attached hydrogen (secondary N) is 2. The molecule has 2 N–H and O–H groups in total. The Labute approximate surface area is 157 Å². The summed E-state index contributed by atoms with van der Waals surface area (Å²) >= 11 is 0. The van der Waals surface area contributed by atoms with Crippen molar-refractivity contribution in [2.24, 2.45) is 0 Å². The Hall–Kier alpha value is -3.30. The highest BCUT2D eigenvalue weighted by molar-refractivity contribution is 6.02. The number of alkyl halides is 3. The Bertz CT molecular complexity index is 996. The lowest BCUT2D eigenvalue weighted by atomic mass is 9.97. The number of aromatic nitrogens is 3. The summed E-state index contributed by atoms with van der Waals surface area (Å²) in [7, 11) is 0. The van der Waals surface area contributed by atoms with Gasteiger partial charge < -0.3 is 15.2 Å². The first-order chi connectivity index (χ1) is 13.3. The molecule has 2 aromatic heterocycles. The number of carbonyl (C=O) groups is 1. The Balaban J connectivity index is 1.65. The summed E-state index contributed by atoms with van der Waals surface area (Å²) in [4.78, 5) is 12.4. The molecule has 3 heterocycles. The minimum Gasteiger partial charge on any atom is -0.363 e. The Morgan fingerprint density at radius 2 is 2.04 bits per heavy atom. The van der Waals surface area contributed by atoms with Gasteiger partial charge in [-0.3, -0.25) is 4.79 Å². The zero-order valence-corrected chi connectivity index (χ0v) is 14.7. The zero-order valence-electron chi connectivity index (χ0n) is 14.7. The molecule has 1 amide bonds. The van der Waals surface area contributed by atoms with Crippen LogP contribution in [0, 0.1) is 6.92 Å². The molecule has 0 fully saturated rings. The molecule has 1 aliphatic heterocycles. The molecule has 28 heavy (non-hydrogen) atoms. The molecular formula is C18H16F3N5O2. The summed E-state index contributed by atoms with van der Waals surface area (Å²) in [6.45, 7) is 1.65. The van der Waals surface area contributed by atoms with E-state index >= 15 is 0 Å². The van der Waals surface area contributed by atoms with Crippen molar-refractivity contribution in [3.63, 3.8) is 0 Å². The van der Waals surface area contributed by atoms with Gasteiger partial charge in [0.15, 0.2) is 17.6 Å². The van der Waals surface area contributed by atoms with E-state index in [0.717, 1.165) is 10.2 Å².